The predicted molar refractivity (Wildman–Crippen MR) is 56.3 cm³/mol. The number of hydrogen-bond donors (Lipinski definition) is 0. The average molecular weight is 167 g/mol. The van der Waals surface area contributed by atoms with Crippen LogP contribution in [0.25, 0.3) is 0 Å². The maximum Gasteiger partial charge on any atom is 0.0246 e. The van der Waals surface area contributed by atoms with E-state index in [4.69, 9.17) is 0 Å². The van der Waals surface area contributed by atoms with Crippen molar-refractivity contribution >= 4 is 0 Å². The quantitative estimate of drug-likeness (QED) is 0.550. The molecule has 0 amide bonds. The van der Waals surface area contributed by atoms with Gasteiger partial charge in [0.2, 0.25) is 0 Å². The van der Waals surface area contributed by atoms with Gasteiger partial charge in [0, 0.05) is 5.54 Å². The summed E-state index contributed by atoms with van der Waals surface area (Å²) < 4.78 is 0. The van der Waals surface area contributed by atoms with Crippen molar-refractivity contribution < 1.29 is 0 Å². The van der Waals surface area contributed by atoms with E-state index in [-0.39, 0.29) is 5.54 Å². The van der Waals surface area contributed by atoms with Crippen LogP contribution in [0.3, 0.4) is 0 Å². The van der Waals surface area contributed by atoms with E-state index >= 15 is 0 Å². The van der Waals surface area contributed by atoms with Crippen LogP contribution in [0.1, 0.15) is 26.7 Å². The Morgan fingerprint density at radius 1 is 1.25 bits per heavy atom. The lowest BCUT2D eigenvalue weighted by Gasteiger charge is -2.37. The van der Waals surface area contributed by atoms with E-state index in [1.54, 1.807) is 0 Å². The van der Waals surface area contributed by atoms with Gasteiger partial charge in [-0.3, -0.25) is 0 Å². The Labute approximate surface area is 76.8 Å². The van der Waals surface area contributed by atoms with Gasteiger partial charge >= 0.3 is 0 Å². The molecule has 1 nitrogen and oxygen atoms in total. The van der Waals surface area contributed by atoms with E-state index < -0.39 is 0 Å². The van der Waals surface area contributed by atoms with Crippen molar-refractivity contribution in [2.24, 2.45) is 0 Å². The third-order valence-electron chi connectivity index (χ3n) is 2.56. The van der Waals surface area contributed by atoms with Gasteiger partial charge in [0.05, 0.1) is 0 Å². The third kappa shape index (κ3) is 2.82. The minimum absolute atomic E-state index is 0.207. The van der Waals surface area contributed by atoms with E-state index in [1.165, 1.54) is 0 Å². The molecule has 0 spiro atoms. The van der Waals surface area contributed by atoms with Crippen LogP contribution in [0.5, 0.6) is 0 Å². The van der Waals surface area contributed by atoms with Crippen molar-refractivity contribution in [1.29, 1.82) is 0 Å². The fourth-order valence-electron chi connectivity index (χ4n) is 1.40. The molecular weight excluding hydrogens is 146 g/mol. The highest BCUT2D eigenvalue weighted by Crippen LogP contribution is 2.22. The molecule has 0 fully saturated rings. The highest BCUT2D eigenvalue weighted by Gasteiger charge is 2.24. The van der Waals surface area contributed by atoms with Crippen molar-refractivity contribution in [2.45, 2.75) is 32.2 Å². The Hall–Kier alpha value is -0.560. The van der Waals surface area contributed by atoms with Crippen LogP contribution in [0.4, 0.5) is 0 Å². The summed E-state index contributed by atoms with van der Waals surface area (Å²) in [4.78, 5) is 2.34. The topological polar surface area (TPSA) is 3.24 Å². The van der Waals surface area contributed by atoms with Gasteiger partial charge in [0.15, 0.2) is 0 Å². The first-order valence-electron chi connectivity index (χ1n) is 4.53. The lowest BCUT2D eigenvalue weighted by molar-refractivity contribution is 0.150. The second-order valence-electron chi connectivity index (χ2n) is 3.50. The van der Waals surface area contributed by atoms with Crippen LogP contribution in [0, 0.1) is 0 Å². The Bertz CT molecular complexity index is 139. The van der Waals surface area contributed by atoms with E-state index in [1.807, 2.05) is 12.2 Å². The molecule has 0 aromatic rings. The highest BCUT2D eigenvalue weighted by molar-refractivity contribution is 4.95. The Morgan fingerprint density at radius 2 is 1.67 bits per heavy atom. The molecule has 0 aromatic heterocycles. The molecule has 0 N–H and O–H groups in total. The normalized spacial score (nSPS) is 11.7. The summed E-state index contributed by atoms with van der Waals surface area (Å²) in [7, 11) is 2.15. The number of hydrogen-bond acceptors (Lipinski definition) is 1. The largest absolute Gasteiger partial charge is 0.301 e. The molecule has 0 radical (unpaired) electrons. The number of nitrogens with zero attached hydrogens (tertiary/aromatic N) is 1. The maximum atomic E-state index is 3.78. The molecule has 12 heavy (non-hydrogen) atoms. The first-order valence-corrected chi connectivity index (χ1v) is 4.53. The lowest BCUT2D eigenvalue weighted by atomic mass is 9.92. The molecule has 0 aliphatic rings. The van der Waals surface area contributed by atoms with Gasteiger partial charge in [-0.25, -0.2) is 0 Å². The maximum absolute atomic E-state index is 3.78. The SMILES string of the molecule is C=CCC(C)(CC=C)N(C)CC. The van der Waals surface area contributed by atoms with Crippen LogP contribution < -0.4 is 0 Å². The van der Waals surface area contributed by atoms with Crippen LogP contribution in [-0.2, 0) is 0 Å². The molecule has 0 saturated carbocycles. The van der Waals surface area contributed by atoms with Crippen molar-refractivity contribution in [3.05, 3.63) is 25.3 Å². The summed E-state index contributed by atoms with van der Waals surface area (Å²) >= 11 is 0. The summed E-state index contributed by atoms with van der Waals surface area (Å²) in [5.41, 5.74) is 0.207. The van der Waals surface area contributed by atoms with Crippen molar-refractivity contribution in [3.8, 4) is 0 Å². The van der Waals surface area contributed by atoms with Crippen molar-refractivity contribution in [1.82, 2.24) is 4.90 Å². The Balaban J connectivity index is 4.34. The van der Waals surface area contributed by atoms with Crippen LogP contribution in [-0.4, -0.2) is 24.0 Å². The zero-order chi connectivity index (χ0) is 9.61. The molecule has 0 rings (SSSR count). The summed E-state index contributed by atoms with van der Waals surface area (Å²) in [6, 6.07) is 0. The molecule has 0 heterocycles. The van der Waals surface area contributed by atoms with Gasteiger partial charge in [-0.1, -0.05) is 19.1 Å². The van der Waals surface area contributed by atoms with Gasteiger partial charge in [0.25, 0.3) is 0 Å². The van der Waals surface area contributed by atoms with Crippen molar-refractivity contribution in [2.75, 3.05) is 13.6 Å². The molecule has 0 atom stereocenters. The van der Waals surface area contributed by atoms with Gasteiger partial charge in [-0.2, -0.15) is 0 Å². The summed E-state index contributed by atoms with van der Waals surface area (Å²) in [5.74, 6) is 0. The summed E-state index contributed by atoms with van der Waals surface area (Å²) in [6.45, 7) is 13.1. The second-order valence-corrected chi connectivity index (χ2v) is 3.50. The van der Waals surface area contributed by atoms with E-state index in [0.29, 0.717) is 0 Å². The van der Waals surface area contributed by atoms with Crippen LogP contribution in [0.2, 0.25) is 0 Å². The molecule has 0 aromatic carbocycles. The molecule has 1 heteroatoms. The smallest absolute Gasteiger partial charge is 0.0246 e. The summed E-state index contributed by atoms with van der Waals surface area (Å²) in [5, 5.41) is 0. The lowest BCUT2D eigenvalue weighted by Crippen LogP contribution is -2.42. The zero-order valence-corrected chi connectivity index (χ0v) is 8.64. The highest BCUT2D eigenvalue weighted by atomic mass is 15.2. The Kier molecular flexibility index (Phi) is 4.91. The first-order chi connectivity index (χ1) is 5.60. The van der Waals surface area contributed by atoms with E-state index in [2.05, 4.69) is 39.0 Å². The number of rotatable bonds is 6. The Morgan fingerprint density at radius 3 is 1.92 bits per heavy atom. The zero-order valence-electron chi connectivity index (χ0n) is 8.64. The van der Waals surface area contributed by atoms with Gasteiger partial charge in [0.1, 0.15) is 0 Å². The molecule has 0 aliphatic heterocycles. The fraction of sp³-hybridized carbons (Fsp3) is 0.636. The predicted octanol–water partition coefficient (Wildman–Crippen LogP) is 2.85. The van der Waals surface area contributed by atoms with Crippen molar-refractivity contribution in [3.63, 3.8) is 0 Å². The minimum atomic E-state index is 0.207. The molecule has 0 saturated heterocycles. The molecule has 0 bridgehead atoms. The standard InChI is InChI=1S/C11H21N/c1-6-9-11(4,10-7-2)12(5)8-3/h6-7H,1-2,8-10H2,3-5H3. The van der Waals surface area contributed by atoms with Gasteiger partial charge in [-0.15, -0.1) is 13.2 Å². The third-order valence-corrected chi connectivity index (χ3v) is 2.56. The molecular formula is C11H21N. The first kappa shape index (κ1) is 11.4. The second kappa shape index (κ2) is 5.15. The van der Waals surface area contributed by atoms with Gasteiger partial charge < -0.3 is 4.90 Å². The van der Waals surface area contributed by atoms with Crippen LogP contribution in [0.15, 0.2) is 25.3 Å². The fourth-order valence-corrected chi connectivity index (χ4v) is 1.40. The van der Waals surface area contributed by atoms with E-state index in [9.17, 15) is 0 Å². The monoisotopic (exact) mass is 167 g/mol. The molecule has 0 unspecified atom stereocenters. The molecule has 70 valence electrons. The van der Waals surface area contributed by atoms with Gasteiger partial charge in [-0.05, 0) is 33.4 Å². The molecule has 0 aliphatic carbocycles. The average Bonchev–Trinajstić information content (AvgIpc) is 2.04. The minimum Gasteiger partial charge on any atom is -0.301 e. The van der Waals surface area contributed by atoms with Crippen LogP contribution >= 0.6 is 0 Å². The van der Waals surface area contributed by atoms with E-state index in [0.717, 1.165) is 19.4 Å². The summed E-state index contributed by atoms with van der Waals surface area (Å²) in [6.07, 6.45) is 6.00.